The summed E-state index contributed by atoms with van der Waals surface area (Å²) >= 11 is 0. The molecule has 0 spiro atoms. The van der Waals surface area contributed by atoms with Gasteiger partial charge in [0.25, 0.3) is 0 Å². The van der Waals surface area contributed by atoms with E-state index in [0.29, 0.717) is 32.0 Å². The van der Waals surface area contributed by atoms with Crippen LogP contribution in [-0.4, -0.2) is 30.4 Å². The number of benzene rings is 2. The lowest BCUT2D eigenvalue weighted by atomic mass is 10.1. The topological polar surface area (TPSA) is 83.9 Å². The van der Waals surface area contributed by atoms with Crippen molar-refractivity contribution >= 4 is 5.97 Å². The smallest absolute Gasteiger partial charge is 0.335 e. The Balaban J connectivity index is 1.32. The Morgan fingerprint density at radius 1 is 0.914 bits per heavy atom. The van der Waals surface area contributed by atoms with E-state index < -0.39 is 6.10 Å². The molecule has 7 heteroatoms. The van der Waals surface area contributed by atoms with Crippen LogP contribution in [-0.2, 0) is 27.3 Å². The van der Waals surface area contributed by atoms with Crippen LogP contribution in [0.3, 0.4) is 0 Å². The maximum absolute atomic E-state index is 12.1. The molecule has 0 aliphatic carbocycles. The zero-order chi connectivity index (χ0) is 24.6. The van der Waals surface area contributed by atoms with Gasteiger partial charge in [0.05, 0.1) is 12.3 Å². The molecule has 0 saturated heterocycles. The summed E-state index contributed by atoms with van der Waals surface area (Å²) in [7, 11) is 0. The molecule has 0 aliphatic rings. The lowest BCUT2D eigenvalue weighted by Gasteiger charge is -2.15. The van der Waals surface area contributed by atoms with E-state index >= 15 is 0 Å². The molecule has 0 aliphatic heterocycles. The first-order chi connectivity index (χ1) is 17.1. The van der Waals surface area contributed by atoms with Crippen molar-refractivity contribution < 1.29 is 27.9 Å². The van der Waals surface area contributed by atoms with E-state index in [9.17, 15) is 4.79 Å². The summed E-state index contributed by atoms with van der Waals surface area (Å²) in [5, 5.41) is 3.93. The molecule has 0 N–H and O–H groups in total. The van der Waals surface area contributed by atoms with Gasteiger partial charge in [-0.1, -0.05) is 41.6 Å². The Hall–Kier alpha value is -3.84. The van der Waals surface area contributed by atoms with E-state index in [1.165, 1.54) is 0 Å². The number of hydrogen-bond acceptors (Lipinski definition) is 7. The number of aromatic nitrogens is 1. The van der Waals surface area contributed by atoms with E-state index in [0.717, 1.165) is 39.7 Å². The van der Waals surface area contributed by atoms with Crippen LogP contribution in [0.5, 0.6) is 5.75 Å². The highest BCUT2D eigenvalue weighted by Crippen LogP contribution is 2.27. The molecular formula is C28H29NO6. The van der Waals surface area contributed by atoms with Crippen LogP contribution in [0.15, 0.2) is 75.7 Å². The van der Waals surface area contributed by atoms with E-state index in [2.05, 4.69) is 5.16 Å². The molecule has 0 unspecified atom stereocenters. The Morgan fingerprint density at radius 3 is 2.26 bits per heavy atom. The Bertz CT molecular complexity index is 1220. The molecule has 4 aromatic rings. The van der Waals surface area contributed by atoms with E-state index in [1.807, 2.05) is 80.6 Å². The van der Waals surface area contributed by atoms with Crippen molar-refractivity contribution in [2.24, 2.45) is 0 Å². The summed E-state index contributed by atoms with van der Waals surface area (Å²) in [5.41, 5.74) is 3.74. The van der Waals surface area contributed by atoms with Gasteiger partial charge < -0.3 is 23.2 Å². The minimum Gasteiger partial charge on any atom is -0.486 e. The van der Waals surface area contributed by atoms with Crippen molar-refractivity contribution in [3.05, 3.63) is 83.7 Å². The van der Waals surface area contributed by atoms with E-state index in [1.54, 1.807) is 6.92 Å². The SMILES string of the molecule is CCOC(=O)[C@H](Cc1ccc(OCc2ccc(-c3ccc(-c4cc(C)no4)cc3)o2)cc1)OCC. The third-order valence-corrected chi connectivity index (χ3v) is 5.39. The normalized spacial score (nSPS) is 11.9. The second kappa shape index (κ2) is 11.5. The number of rotatable bonds is 11. The van der Waals surface area contributed by atoms with Crippen LogP contribution in [0.4, 0.5) is 0 Å². The van der Waals surface area contributed by atoms with Crippen molar-refractivity contribution in [2.45, 2.75) is 39.9 Å². The summed E-state index contributed by atoms with van der Waals surface area (Å²) in [4.78, 5) is 12.1. The van der Waals surface area contributed by atoms with Gasteiger partial charge in [-0.3, -0.25) is 0 Å². The average molecular weight is 476 g/mol. The van der Waals surface area contributed by atoms with Crippen LogP contribution in [0, 0.1) is 6.92 Å². The lowest BCUT2D eigenvalue weighted by Crippen LogP contribution is -2.28. The van der Waals surface area contributed by atoms with Gasteiger partial charge in [-0.15, -0.1) is 0 Å². The largest absolute Gasteiger partial charge is 0.486 e. The molecule has 35 heavy (non-hydrogen) atoms. The highest BCUT2D eigenvalue weighted by atomic mass is 16.6. The number of nitrogens with zero attached hydrogens (tertiary/aromatic N) is 1. The average Bonchev–Trinajstić information content (AvgIpc) is 3.53. The van der Waals surface area contributed by atoms with Crippen molar-refractivity contribution in [2.75, 3.05) is 13.2 Å². The predicted molar refractivity (Wildman–Crippen MR) is 131 cm³/mol. The lowest BCUT2D eigenvalue weighted by molar-refractivity contribution is -0.156. The molecule has 182 valence electrons. The van der Waals surface area contributed by atoms with Gasteiger partial charge in [0.1, 0.15) is 23.9 Å². The number of esters is 1. The number of carbonyl (C=O) groups is 1. The van der Waals surface area contributed by atoms with Gasteiger partial charge in [0.15, 0.2) is 11.9 Å². The predicted octanol–water partition coefficient (Wildman–Crippen LogP) is 6.00. The van der Waals surface area contributed by atoms with Crippen LogP contribution in [0.1, 0.15) is 30.9 Å². The molecule has 4 rings (SSSR count). The maximum Gasteiger partial charge on any atom is 0.335 e. The third kappa shape index (κ3) is 6.39. The molecule has 0 bridgehead atoms. The molecule has 1 atom stereocenters. The summed E-state index contributed by atoms with van der Waals surface area (Å²) in [5.74, 6) is 2.59. The quantitative estimate of drug-likeness (QED) is 0.246. The Morgan fingerprint density at radius 2 is 1.63 bits per heavy atom. The molecule has 7 nitrogen and oxygen atoms in total. The molecule has 0 amide bonds. The number of hydrogen-bond donors (Lipinski definition) is 0. The summed E-state index contributed by atoms with van der Waals surface area (Å²) in [6.45, 7) is 6.62. The van der Waals surface area contributed by atoms with E-state index in [4.69, 9.17) is 23.2 Å². The number of furan rings is 1. The van der Waals surface area contributed by atoms with Crippen molar-refractivity contribution in [3.8, 4) is 28.4 Å². The standard InChI is InChI=1S/C28H29NO6/c1-4-31-27(28(30)32-5-2)17-20-6-12-23(13-7-20)33-18-24-14-15-25(34-24)21-8-10-22(11-9-21)26-16-19(3)29-35-26/h6-16,27H,4-5,17-18H2,1-3H3/t27-/m0/s1. The minimum atomic E-state index is -0.609. The molecule has 0 radical (unpaired) electrons. The Kier molecular flexibility index (Phi) is 8.00. The van der Waals surface area contributed by atoms with Gasteiger partial charge in [0.2, 0.25) is 0 Å². The second-order valence-corrected chi connectivity index (χ2v) is 8.01. The molecular weight excluding hydrogens is 446 g/mol. The Labute approximate surface area is 204 Å². The van der Waals surface area contributed by atoms with Crippen LogP contribution in [0.25, 0.3) is 22.6 Å². The number of ether oxygens (including phenoxy) is 3. The molecule has 0 saturated carbocycles. The molecule has 2 aromatic heterocycles. The molecule has 0 fully saturated rings. The second-order valence-electron chi connectivity index (χ2n) is 8.01. The maximum atomic E-state index is 12.1. The van der Waals surface area contributed by atoms with Gasteiger partial charge in [0, 0.05) is 30.2 Å². The summed E-state index contributed by atoms with van der Waals surface area (Å²) < 4.78 is 27.8. The zero-order valence-corrected chi connectivity index (χ0v) is 20.2. The van der Waals surface area contributed by atoms with Gasteiger partial charge in [-0.25, -0.2) is 4.79 Å². The van der Waals surface area contributed by atoms with Gasteiger partial charge in [-0.05, 0) is 50.6 Å². The fraction of sp³-hybridized carbons (Fsp3) is 0.286. The monoisotopic (exact) mass is 475 g/mol. The fourth-order valence-electron chi connectivity index (χ4n) is 3.65. The number of carbonyl (C=O) groups excluding carboxylic acids is 1. The van der Waals surface area contributed by atoms with Crippen molar-refractivity contribution in [3.63, 3.8) is 0 Å². The first-order valence-electron chi connectivity index (χ1n) is 11.7. The first kappa shape index (κ1) is 24.3. The summed E-state index contributed by atoms with van der Waals surface area (Å²) in [6.07, 6.45) is -0.161. The minimum absolute atomic E-state index is 0.305. The third-order valence-electron chi connectivity index (χ3n) is 5.39. The van der Waals surface area contributed by atoms with Crippen LogP contribution in [0.2, 0.25) is 0 Å². The summed E-state index contributed by atoms with van der Waals surface area (Å²) in [6, 6.07) is 21.3. The van der Waals surface area contributed by atoms with Gasteiger partial charge in [-0.2, -0.15) is 0 Å². The number of aryl methyl sites for hydroxylation is 1. The van der Waals surface area contributed by atoms with E-state index in [-0.39, 0.29) is 5.97 Å². The first-order valence-corrected chi connectivity index (χ1v) is 11.7. The highest BCUT2D eigenvalue weighted by molar-refractivity contribution is 5.75. The van der Waals surface area contributed by atoms with Crippen molar-refractivity contribution in [1.82, 2.24) is 5.16 Å². The van der Waals surface area contributed by atoms with Crippen molar-refractivity contribution in [1.29, 1.82) is 0 Å². The molecule has 2 heterocycles. The van der Waals surface area contributed by atoms with Crippen LogP contribution >= 0.6 is 0 Å². The van der Waals surface area contributed by atoms with Crippen LogP contribution < -0.4 is 4.74 Å². The fourth-order valence-corrected chi connectivity index (χ4v) is 3.65. The zero-order valence-electron chi connectivity index (χ0n) is 20.2. The molecule has 2 aromatic carbocycles. The highest BCUT2D eigenvalue weighted by Gasteiger charge is 2.20. The van der Waals surface area contributed by atoms with Gasteiger partial charge >= 0.3 is 5.97 Å².